The van der Waals surface area contributed by atoms with Crippen molar-refractivity contribution in [2.75, 3.05) is 0 Å². The van der Waals surface area contributed by atoms with Crippen LogP contribution in [0.2, 0.25) is 0 Å². The number of unbranched alkanes of at least 4 members (excludes halogenated alkanes) is 9. The van der Waals surface area contributed by atoms with Crippen LogP contribution in [-0.4, -0.2) is 34.1 Å². The van der Waals surface area contributed by atoms with Crippen molar-refractivity contribution in [2.24, 2.45) is 11.8 Å². The van der Waals surface area contributed by atoms with Crippen LogP contribution in [0.5, 0.6) is 0 Å². The minimum Gasteiger partial charge on any atom is -0.481 e. The standard InChI is InChI=1S/C24H43NO5/c1-2-3-4-5-7-10-13-19-18-20(19)14-11-8-6-9-12-15-22(26)25-21(24(29)30)16-17-23(27)28/h19-21H,2-18H2,1H3,(H,25,26)(H,27,28)(H,29,30)/t19?,20?,21-/m0/s1. The van der Waals surface area contributed by atoms with E-state index in [0.29, 0.717) is 6.42 Å². The van der Waals surface area contributed by atoms with Crippen molar-refractivity contribution < 1.29 is 24.6 Å². The Bertz CT molecular complexity index is 508. The van der Waals surface area contributed by atoms with E-state index in [-0.39, 0.29) is 18.7 Å². The number of carboxylic acid groups (broad SMARTS) is 2. The summed E-state index contributed by atoms with van der Waals surface area (Å²) in [6.45, 7) is 2.26. The number of carbonyl (C=O) groups excluding carboxylic acids is 1. The van der Waals surface area contributed by atoms with Gasteiger partial charge in [0.15, 0.2) is 0 Å². The lowest BCUT2D eigenvalue weighted by molar-refractivity contribution is -0.143. The second-order valence-corrected chi connectivity index (χ2v) is 9.01. The molecule has 0 bridgehead atoms. The predicted octanol–water partition coefficient (Wildman–Crippen LogP) is 5.54. The van der Waals surface area contributed by atoms with Crippen LogP contribution in [0.4, 0.5) is 0 Å². The molecular weight excluding hydrogens is 382 g/mol. The number of carboxylic acids is 2. The molecule has 0 spiro atoms. The van der Waals surface area contributed by atoms with Gasteiger partial charge < -0.3 is 15.5 Å². The van der Waals surface area contributed by atoms with Crippen molar-refractivity contribution in [3.63, 3.8) is 0 Å². The molecule has 1 saturated carbocycles. The zero-order valence-electron chi connectivity index (χ0n) is 18.9. The molecule has 1 aliphatic rings. The molecule has 1 aliphatic carbocycles. The summed E-state index contributed by atoms with van der Waals surface area (Å²) in [6.07, 6.45) is 17.8. The lowest BCUT2D eigenvalue weighted by atomic mass is 10.0. The third-order valence-corrected chi connectivity index (χ3v) is 6.26. The summed E-state index contributed by atoms with van der Waals surface area (Å²) in [5, 5.41) is 20.1. The topological polar surface area (TPSA) is 104 Å². The first-order chi connectivity index (χ1) is 14.4. The van der Waals surface area contributed by atoms with Crippen LogP contribution in [0.15, 0.2) is 0 Å². The second kappa shape index (κ2) is 16.1. The zero-order chi connectivity index (χ0) is 22.2. The zero-order valence-corrected chi connectivity index (χ0v) is 18.9. The molecule has 1 rings (SSSR count). The first-order valence-corrected chi connectivity index (χ1v) is 12.2. The van der Waals surface area contributed by atoms with E-state index in [4.69, 9.17) is 10.2 Å². The number of rotatable bonds is 20. The Morgan fingerprint density at radius 2 is 1.33 bits per heavy atom. The van der Waals surface area contributed by atoms with Gasteiger partial charge in [0.05, 0.1) is 0 Å². The van der Waals surface area contributed by atoms with Crippen molar-refractivity contribution in [3.05, 3.63) is 0 Å². The normalized spacial score (nSPS) is 18.7. The quantitative estimate of drug-likeness (QED) is 0.222. The minimum atomic E-state index is -1.18. The Morgan fingerprint density at radius 3 is 1.87 bits per heavy atom. The molecule has 0 aromatic heterocycles. The van der Waals surface area contributed by atoms with Gasteiger partial charge in [-0.15, -0.1) is 0 Å². The van der Waals surface area contributed by atoms with Gasteiger partial charge in [-0.2, -0.15) is 0 Å². The highest BCUT2D eigenvalue weighted by Gasteiger charge is 2.35. The highest BCUT2D eigenvalue weighted by Crippen LogP contribution is 2.45. The van der Waals surface area contributed by atoms with Crippen molar-refractivity contribution in [1.82, 2.24) is 5.32 Å². The van der Waals surface area contributed by atoms with Crippen LogP contribution >= 0.6 is 0 Å². The van der Waals surface area contributed by atoms with E-state index in [2.05, 4.69) is 12.2 Å². The lowest BCUT2D eigenvalue weighted by Gasteiger charge is -2.13. The van der Waals surface area contributed by atoms with Gasteiger partial charge in [0.1, 0.15) is 6.04 Å². The second-order valence-electron chi connectivity index (χ2n) is 9.01. The van der Waals surface area contributed by atoms with Gasteiger partial charge in [-0.3, -0.25) is 9.59 Å². The van der Waals surface area contributed by atoms with Crippen molar-refractivity contribution in [3.8, 4) is 0 Å². The third-order valence-electron chi connectivity index (χ3n) is 6.26. The molecule has 2 unspecified atom stereocenters. The Labute approximate surface area is 182 Å². The Hall–Kier alpha value is -1.59. The molecule has 0 aromatic carbocycles. The molecule has 0 aromatic rings. The molecule has 0 saturated heterocycles. The fraction of sp³-hybridized carbons (Fsp3) is 0.875. The van der Waals surface area contributed by atoms with E-state index in [1.165, 1.54) is 70.6 Å². The van der Waals surface area contributed by atoms with E-state index in [1.54, 1.807) is 0 Å². The molecule has 0 aliphatic heterocycles. The van der Waals surface area contributed by atoms with Gasteiger partial charge in [-0.05, 0) is 31.1 Å². The summed E-state index contributed by atoms with van der Waals surface area (Å²) in [4.78, 5) is 33.5. The predicted molar refractivity (Wildman–Crippen MR) is 118 cm³/mol. The molecule has 1 amide bonds. The van der Waals surface area contributed by atoms with Gasteiger partial charge in [-0.25, -0.2) is 4.79 Å². The first kappa shape index (κ1) is 26.4. The number of nitrogens with one attached hydrogen (secondary N) is 1. The van der Waals surface area contributed by atoms with Gasteiger partial charge in [0.25, 0.3) is 0 Å². The molecule has 6 heteroatoms. The molecule has 3 atom stereocenters. The number of hydrogen-bond acceptors (Lipinski definition) is 3. The van der Waals surface area contributed by atoms with E-state index in [9.17, 15) is 14.4 Å². The van der Waals surface area contributed by atoms with E-state index < -0.39 is 18.0 Å². The summed E-state index contributed by atoms with van der Waals surface area (Å²) in [5.74, 6) is -0.591. The maximum absolute atomic E-state index is 11.9. The van der Waals surface area contributed by atoms with Crippen LogP contribution in [0.3, 0.4) is 0 Å². The van der Waals surface area contributed by atoms with Crippen LogP contribution in [0.25, 0.3) is 0 Å². The van der Waals surface area contributed by atoms with E-state index >= 15 is 0 Å². The van der Waals surface area contributed by atoms with Crippen LogP contribution in [-0.2, 0) is 14.4 Å². The van der Waals surface area contributed by atoms with Gasteiger partial charge in [0.2, 0.25) is 5.91 Å². The molecule has 3 N–H and O–H groups in total. The summed E-state index contributed by atoms with van der Waals surface area (Å²) in [5.41, 5.74) is 0. The molecule has 174 valence electrons. The number of aliphatic carboxylic acids is 2. The van der Waals surface area contributed by atoms with Crippen LogP contribution in [0.1, 0.15) is 116 Å². The fourth-order valence-corrected chi connectivity index (χ4v) is 4.22. The van der Waals surface area contributed by atoms with E-state index in [1.807, 2.05) is 0 Å². The molecule has 30 heavy (non-hydrogen) atoms. The van der Waals surface area contributed by atoms with E-state index in [0.717, 1.165) is 31.1 Å². The maximum Gasteiger partial charge on any atom is 0.326 e. The van der Waals surface area contributed by atoms with Crippen LogP contribution < -0.4 is 5.32 Å². The number of carbonyl (C=O) groups is 3. The Kier molecular flexibility index (Phi) is 14.2. The van der Waals surface area contributed by atoms with Gasteiger partial charge in [0, 0.05) is 12.8 Å². The average molecular weight is 426 g/mol. The van der Waals surface area contributed by atoms with Crippen molar-refractivity contribution >= 4 is 17.8 Å². The summed E-state index contributed by atoms with van der Waals surface area (Å²) in [7, 11) is 0. The van der Waals surface area contributed by atoms with Gasteiger partial charge in [-0.1, -0.05) is 84.0 Å². The molecule has 0 radical (unpaired) electrons. The average Bonchev–Trinajstić information content (AvgIpc) is 3.44. The van der Waals surface area contributed by atoms with Crippen molar-refractivity contribution in [1.29, 1.82) is 0 Å². The fourth-order valence-electron chi connectivity index (χ4n) is 4.22. The smallest absolute Gasteiger partial charge is 0.326 e. The van der Waals surface area contributed by atoms with Crippen molar-refractivity contribution in [2.45, 2.75) is 122 Å². The largest absolute Gasteiger partial charge is 0.481 e. The highest BCUT2D eigenvalue weighted by atomic mass is 16.4. The number of hydrogen-bond donors (Lipinski definition) is 3. The summed E-state index contributed by atoms with van der Waals surface area (Å²) >= 11 is 0. The number of amides is 1. The Morgan fingerprint density at radius 1 is 0.800 bits per heavy atom. The lowest BCUT2D eigenvalue weighted by Crippen LogP contribution is -2.41. The summed E-state index contributed by atoms with van der Waals surface area (Å²) in [6, 6.07) is -1.11. The third kappa shape index (κ3) is 13.6. The highest BCUT2D eigenvalue weighted by molar-refractivity contribution is 5.83. The monoisotopic (exact) mass is 425 g/mol. The van der Waals surface area contributed by atoms with Gasteiger partial charge >= 0.3 is 11.9 Å². The summed E-state index contributed by atoms with van der Waals surface area (Å²) < 4.78 is 0. The Balaban J connectivity index is 1.93. The minimum absolute atomic E-state index is 0.0859. The van der Waals surface area contributed by atoms with Crippen LogP contribution in [0, 0.1) is 11.8 Å². The maximum atomic E-state index is 11.9. The first-order valence-electron chi connectivity index (χ1n) is 12.2. The molecular formula is C24H43NO5. The molecule has 0 heterocycles. The molecule has 1 fully saturated rings. The molecule has 6 nitrogen and oxygen atoms in total. The SMILES string of the molecule is CCCCCCCCC1CC1CCCCCCCC(=O)N[C@@H](CCC(=O)O)C(=O)O.